The highest BCUT2D eigenvalue weighted by molar-refractivity contribution is 5.65. The number of benzene rings is 1. The zero-order valence-corrected chi connectivity index (χ0v) is 12.8. The average Bonchev–Trinajstić information content (AvgIpc) is 2.50. The van der Waals surface area contributed by atoms with E-state index in [4.69, 9.17) is 9.47 Å². The van der Waals surface area contributed by atoms with Crippen molar-refractivity contribution in [3.8, 4) is 22.8 Å². The van der Waals surface area contributed by atoms with E-state index in [1.807, 2.05) is 50.2 Å². The molecule has 1 aromatic carbocycles. The largest absolute Gasteiger partial charge is 0.490 e. The van der Waals surface area contributed by atoms with Gasteiger partial charge in [0.25, 0.3) is 0 Å². The molecule has 0 saturated heterocycles. The smallest absolute Gasteiger partial charge is 0.161 e. The summed E-state index contributed by atoms with van der Waals surface area (Å²) in [5.74, 6) is 2.40. The molecule has 0 atom stereocenters. The van der Waals surface area contributed by atoms with E-state index in [0.29, 0.717) is 13.2 Å². The van der Waals surface area contributed by atoms with Crippen LogP contribution in [0.5, 0.6) is 11.5 Å². The van der Waals surface area contributed by atoms with Crippen LogP contribution in [0.25, 0.3) is 11.3 Å². The van der Waals surface area contributed by atoms with Crippen LogP contribution in [0.2, 0.25) is 0 Å². The fraction of sp³-hybridized carbons (Fsp3) is 0.353. The fourth-order valence-corrected chi connectivity index (χ4v) is 2.09. The minimum atomic E-state index is 0.606. The molecule has 4 nitrogen and oxygen atoms in total. The summed E-state index contributed by atoms with van der Waals surface area (Å²) in [5, 5.41) is 3.22. The van der Waals surface area contributed by atoms with E-state index in [9.17, 15) is 0 Å². The van der Waals surface area contributed by atoms with Gasteiger partial charge in [-0.05, 0) is 51.1 Å². The van der Waals surface area contributed by atoms with Gasteiger partial charge in [-0.3, -0.25) is 0 Å². The van der Waals surface area contributed by atoms with Crippen molar-refractivity contribution >= 4 is 5.82 Å². The Bertz CT molecular complexity index is 585. The molecule has 0 unspecified atom stereocenters. The predicted octanol–water partition coefficient (Wildman–Crippen LogP) is 3.98. The second kappa shape index (κ2) is 7.53. The van der Waals surface area contributed by atoms with Crippen molar-refractivity contribution in [2.75, 3.05) is 25.1 Å². The van der Waals surface area contributed by atoms with Crippen molar-refractivity contribution in [1.29, 1.82) is 0 Å². The van der Waals surface area contributed by atoms with Crippen LogP contribution in [-0.2, 0) is 0 Å². The maximum atomic E-state index is 5.66. The zero-order chi connectivity index (χ0) is 15.1. The van der Waals surface area contributed by atoms with Crippen molar-refractivity contribution in [3.05, 3.63) is 36.4 Å². The predicted molar refractivity (Wildman–Crippen MR) is 86.2 cm³/mol. The van der Waals surface area contributed by atoms with Crippen molar-refractivity contribution in [2.45, 2.75) is 20.8 Å². The van der Waals surface area contributed by atoms with Gasteiger partial charge in [0.2, 0.25) is 0 Å². The third-order valence-electron chi connectivity index (χ3n) is 2.95. The first-order valence-electron chi connectivity index (χ1n) is 7.39. The lowest BCUT2D eigenvalue weighted by molar-refractivity contribution is 0.288. The van der Waals surface area contributed by atoms with Crippen molar-refractivity contribution in [2.24, 2.45) is 0 Å². The van der Waals surface area contributed by atoms with Gasteiger partial charge < -0.3 is 14.8 Å². The number of rotatable bonds is 7. The van der Waals surface area contributed by atoms with Crippen LogP contribution in [0.3, 0.4) is 0 Å². The Balaban J connectivity index is 2.34. The molecular formula is C17H22N2O2. The van der Waals surface area contributed by atoms with Gasteiger partial charge in [-0.2, -0.15) is 0 Å². The molecule has 0 fully saturated rings. The molecule has 4 heteroatoms. The highest BCUT2D eigenvalue weighted by Crippen LogP contribution is 2.32. The topological polar surface area (TPSA) is 43.4 Å². The summed E-state index contributed by atoms with van der Waals surface area (Å²) in [7, 11) is 0. The third kappa shape index (κ3) is 3.88. The zero-order valence-electron chi connectivity index (χ0n) is 12.8. The first-order chi connectivity index (χ1) is 10.3. The summed E-state index contributed by atoms with van der Waals surface area (Å²) in [5.41, 5.74) is 1.93. The van der Waals surface area contributed by atoms with Crippen LogP contribution >= 0.6 is 0 Å². The first-order valence-corrected chi connectivity index (χ1v) is 7.39. The van der Waals surface area contributed by atoms with Crippen LogP contribution in [0.4, 0.5) is 5.82 Å². The van der Waals surface area contributed by atoms with Crippen molar-refractivity contribution in [3.63, 3.8) is 0 Å². The third-order valence-corrected chi connectivity index (χ3v) is 2.95. The summed E-state index contributed by atoms with van der Waals surface area (Å²) in [4.78, 5) is 4.60. The average molecular weight is 286 g/mol. The number of hydrogen-bond acceptors (Lipinski definition) is 4. The van der Waals surface area contributed by atoms with Crippen molar-refractivity contribution < 1.29 is 9.47 Å². The lowest BCUT2D eigenvalue weighted by Gasteiger charge is -2.12. The molecule has 112 valence electrons. The van der Waals surface area contributed by atoms with Gasteiger partial charge in [-0.1, -0.05) is 6.07 Å². The molecule has 0 aliphatic heterocycles. The lowest BCUT2D eigenvalue weighted by atomic mass is 10.1. The summed E-state index contributed by atoms with van der Waals surface area (Å²) in [6, 6.07) is 11.9. The summed E-state index contributed by atoms with van der Waals surface area (Å²) < 4.78 is 11.2. The molecule has 0 aliphatic carbocycles. The summed E-state index contributed by atoms with van der Waals surface area (Å²) in [6.07, 6.45) is 0. The molecule has 0 bridgehead atoms. The molecule has 2 aromatic rings. The molecule has 0 spiro atoms. The summed E-state index contributed by atoms with van der Waals surface area (Å²) >= 11 is 0. The molecule has 0 aliphatic rings. The van der Waals surface area contributed by atoms with Crippen LogP contribution in [0.1, 0.15) is 20.8 Å². The lowest BCUT2D eigenvalue weighted by Crippen LogP contribution is -2.00. The number of ether oxygens (including phenoxy) is 2. The van der Waals surface area contributed by atoms with Gasteiger partial charge in [-0.15, -0.1) is 0 Å². The molecule has 0 radical (unpaired) electrons. The number of nitrogens with zero attached hydrogens (tertiary/aromatic N) is 1. The number of aromatic nitrogens is 1. The molecule has 2 rings (SSSR count). The number of pyridine rings is 1. The van der Waals surface area contributed by atoms with Crippen LogP contribution < -0.4 is 14.8 Å². The minimum Gasteiger partial charge on any atom is -0.490 e. The van der Waals surface area contributed by atoms with Gasteiger partial charge >= 0.3 is 0 Å². The molecule has 21 heavy (non-hydrogen) atoms. The SMILES string of the molecule is CCNc1cccc(-c2ccc(OCC)c(OCC)c2)n1. The fourth-order valence-electron chi connectivity index (χ4n) is 2.09. The highest BCUT2D eigenvalue weighted by Gasteiger charge is 2.08. The highest BCUT2D eigenvalue weighted by atomic mass is 16.5. The Labute approximate surface area is 126 Å². The first kappa shape index (κ1) is 15.2. The Hall–Kier alpha value is -2.23. The van der Waals surface area contributed by atoms with Gasteiger partial charge in [0.15, 0.2) is 11.5 Å². The van der Waals surface area contributed by atoms with E-state index >= 15 is 0 Å². The van der Waals surface area contributed by atoms with Crippen LogP contribution in [-0.4, -0.2) is 24.7 Å². The van der Waals surface area contributed by atoms with Gasteiger partial charge in [0.1, 0.15) is 5.82 Å². The molecule has 0 saturated carbocycles. The molecule has 1 heterocycles. The van der Waals surface area contributed by atoms with Crippen LogP contribution in [0.15, 0.2) is 36.4 Å². The van der Waals surface area contributed by atoms with Gasteiger partial charge in [0, 0.05) is 12.1 Å². The van der Waals surface area contributed by atoms with E-state index in [-0.39, 0.29) is 0 Å². The standard InChI is InChI=1S/C17H22N2O2/c1-4-18-17-9-7-8-14(19-17)13-10-11-15(20-5-2)16(12-13)21-6-3/h7-12H,4-6H2,1-3H3,(H,18,19). The normalized spacial score (nSPS) is 10.2. The quantitative estimate of drug-likeness (QED) is 0.836. The van der Waals surface area contributed by atoms with Crippen molar-refractivity contribution in [1.82, 2.24) is 4.98 Å². The Morgan fingerprint density at radius 1 is 0.952 bits per heavy atom. The Kier molecular flexibility index (Phi) is 5.43. The number of nitrogens with one attached hydrogen (secondary N) is 1. The molecular weight excluding hydrogens is 264 g/mol. The molecule has 1 aromatic heterocycles. The number of anilines is 1. The van der Waals surface area contributed by atoms with E-state index in [2.05, 4.69) is 17.2 Å². The van der Waals surface area contributed by atoms with E-state index in [1.54, 1.807) is 0 Å². The molecule has 1 N–H and O–H groups in total. The van der Waals surface area contributed by atoms with E-state index in [1.165, 1.54) is 0 Å². The monoisotopic (exact) mass is 286 g/mol. The minimum absolute atomic E-state index is 0.606. The maximum absolute atomic E-state index is 5.66. The van der Waals surface area contributed by atoms with E-state index < -0.39 is 0 Å². The maximum Gasteiger partial charge on any atom is 0.161 e. The Morgan fingerprint density at radius 2 is 1.71 bits per heavy atom. The van der Waals surface area contributed by atoms with Crippen LogP contribution in [0, 0.1) is 0 Å². The second-order valence-corrected chi connectivity index (χ2v) is 4.47. The Morgan fingerprint density at radius 3 is 2.43 bits per heavy atom. The second-order valence-electron chi connectivity index (χ2n) is 4.47. The van der Waals surface area contributed by atoms with Gasteiger partial charge in [-0.25, -0.2) is 4.98 Å². The van der Waals surface area contributed by atoms with Gasteiger partial charge in [0.05, 0.1) is 18.9 Å². The molecule has 0 amide bonds. The number of hydrogen-bond donors (Lipinski definition) is 1. The summed E-state index contributed by atoms with van der Waals surface area (Å²) in [6.45, 7) is 8.06. The van der Waals surface area contributed by atoms with E-state index in [0.717, 1.165) is 35.1 Å².